The van der Waals surface area contributed by atoms with Crippen LogP contribution < -0.4 is 0 Å². The zero-order chi connectivity index (χ0) is 9.10. The lowest BCUT2D eigenvalue weighted by molar-refractivity contribution is 0.0956. The van der Waals surface area contributed by atoms with Gasteiger partial charge in [-0.25, -0.2) is 0 Å². The molecular formula is C11H18ClN. The predicted octanol–water partition coefficient (Wildman–Crippen LogP) is 2.86. The Bertz CT molecular complexity index is 179. The molecule has 1 saturated carbocycles. The maximum atomic E-state index is 5.53. The van der Waals surface area contributed by atoms with Crippen LogP contribution in [-0.2, 0) is 0 Å². The highest BCUT2D eigenvalue weighted by molar-refractivity contribution is 6.25. The molecule has 2 atom stereocenters. The van der Waals surface area contributed by atoms with Gasteiger partial charge in [0, 0.05) is 25.2 Å². The van der Waals surface area contributed by atoms with Crippen molar-refractivity contribution >= 4 is 11.6 Å². The van der Waals surface area contributed by atoms with E-state index >= 15 is 0 Å². The molecular weight excluding hydrogens is 182 g/mol. The van der Waals surface area contributed by atoms with Crippen molar-refractivity contribution in [1.82, 2.24) is 4.90 Å². The van der Waals surface area contributed by atoms with Crippen molar-refractivity contribution in [3.8, 4) is 0 Å². The minimum Gasteiger partial charge on any atom is -0.299 e. The molecule has 2 heteroatoms. The molecule has 2 rings (SSSR count). The fourth-order valence-electron chi connectivity index (χ4n) is 2.88. The maximum absolute atomic E-state index is 5.53. The zero-order valence-electron chi connectivity index (χ0n) is 8.08. The third-order valence-corrected chi connectivity index (χ3v) is 3.56. The number of piperidine rings is 1. The van der Waals surface area contributed by atoms with Crippen molar-refractivity contribution < 1.29 is 0 Å². The van der Waals surface area contributed by atoms with Gasteiger partial charge in [0.2, 0.25) is 0 Å². The number of nitrogens with zero attached hydrogens (tertiary/aromatic N) is 1. The molecule has 0 aromatic heterocycles. The molecule has 2 unspecified atom stereocenters. The molecule has 13 heavy (non-hydrogen) atoms. The molecule has 1 aliphatic carbocycles. The Morgan fingerprint density at radius 1 is 1.23 bits per heavy atom. The molecule has 0 aromatic carbocycles. The van der Waals surface area contributed by atoms with Gasteiger partial charge in [-0.3, -0.25) is 4.90 Å². The van der Waals surface area contributed by atoms with E-state index in [-0.39, 0.29) is 0 Å². The highest BCUT2D eigenvalue weighted by atomic mass is 35.5. The Morgan fingerprint density at radius 2 is 1.92 bits per heavy atom. The normalized spacial score (nSPS) is 35.5. The summed E-state index contributed by atoms with van der Waals surface area (Å²) in [4.78, 5) is 2.55. The van der Waals surface area contributed by atoms with Gasteiger partial charge in [0.05, 0.1) is 0 Å². The highest BCUT2D eigenvalue weighted by Gasteiger charge is 2.29. The van der Waals surface area contributed by atoms with E-state index in [4.69, 9.17) is 11.6 Å². The second-order valence-corrected chi connectivity index (χ2v) is 4.73. The number of hydrogen-bond donors (Lipinski definition) is 0. The van der Waals surface area contributed by atoms with E-state index in [2.05, 4.69) is 11.0 Å². The van der Waals surface area contributed by atoms with Crippen molar-refractivity contribution in [2.24, 2.45) is 11.8 Å². The number of hydrogen-bond acceptors (Lipinski definition) is 1. The molecule has 1 saturated heterocycles. The van der Waals surface area contributed by atoms with Crippen molar-refractivity contribution in [1.29, 1.82) is 0 Å². The molecule has 1 heterocycles. The lowest BCUT2D eigenvalue weighted by Gasteiger charge is -2.40. The van der Waals surface area contributed by atoms with Crippen molar-refractivity contribution in [2.45, 2.75) is 25.7 Å². The quantitative estimate of drug-likeness (QED) is 0.661. The fourth-order valence-corrected chi connectivity index (χ4v) is 2.96. The molecule has 74 valence electrons. The Kier molecular flexibility index (Phi) is 3.28. The number of rotatable bonds is 2. The van der Waals surface area contributed by atoms with Gasteiger partial charge >= 0.3 is 0 Å². The summed E-state index contributed by atoms with van der Waals surface area (Å²) in [5, 5.41) is 0. The lowest BCUT2D eigenvalue weighted by Crippen LogP contribution is -2.42. The first kappa shape index (κ1) is 9.54. The van der Waals surface area contributed by atoms with Crippen molar-refractivity contribution in [2.75, 3.05) is 19.6 Å². The summed E-state index contributed by atoms with van der Waals surface area (Å²) < 4.78 is 0. The van der Waals surface area contributed by atoms with Crippen LogP contribution in [0.25, 0.3) is 0 Å². The molecule has 1 aliphatic heterocycles. The Hall–Kier alpha value is -0.0100. The second-order valence-electron chi connectivity index (χ2n) is 4.48. The van der Waals surface area contributed by atoms with Crippen LogP contribution >= 0.6 is 11.6 Å². The average molecular weight is 200 g/mol. The molecule has 0 N–H and O–H groups in total. The summed E-state index contributed by atoms with van der Waals surface area (Å²) in [6.07, 6.45) is 7.92. The summed E-state index contributed by atoms with van der Waals surface area (Å²) in [5.74, 6) is 1.97. The Labute approximate surface area is 85.8 Å². The maximum Gasteiger partial charge on any atom is 0.0175 e. The van der Waals surface area contributed by atoms with Crippen LogP contribution in [0.5, 0.6) is 0 Å². The first-order valence-electron chi connectivity index (χ1n) is 5.36. The van der Waals surface area contributed by atoms with Crippen LogP contribution in [0, 0.1) is 11.8 Å². The number of likely N-dealkylation sites (tertiary alicyclic amines) is 1. The zero-order valence-corrected chi connectivity index (χ0v) is 8.84. The Balaban J connectivity index is 1.86. The molecule has 1 nitrogen and oxygen atoms in total. The molecule has 0 amide bonds. The van der Waals surface area contributed by atoms with E-state index in [0.29, 0.717) is 0 Å². The summed E-state index contributed by atoms with van der Waals surface area (Å²) in [5.41, 5.74) is 1.64. The first-order valence-corrected chi connectivity index (χ1v) is 5.79. The topological polar surface area (TPSA) is 3.24 Å². The van der Waals surface area contributed by atoms with E-state index < -0.39 is 0 Å². The molecule has 2 bridgehead atoms. The summed E-state index contributed by atoms with van der Waals surface area (Å²) >= 11 is 5.53. The van der Waals surface area contributed by atoms with Gasteiger partial charge in [-0.1, -0.05) is 24.1 Å². The molecule has 2 aliphatic rings. The SMILES string of the molecule is Cl/C=C/CN1CC2CCCC(C2)C1. The van der Waals surface area contributed by atoms with E-state index in [1.165, 1.54) is 38.8 Å². The van der Waals surface area contributed by atoms with E-state index in [9.17, 15) is 0 Å². The van der Waals surface area contributed by atoms with Crippen LogP contribution in [0.4, 0.5) is 0 Å². The number of halogens is 1. The van der Waals surface area contributed by atoms with Gasteiger partial charge in [-0.2, -0.15) is 0 Å². The standard InChI is InChI=1S/C11H18ClN/c12-5-2-6-13-8-10-3-1-4-11(7-10)9-13/h2,5,10-11H,1,3-4,6-9H2/b5-2+. The van der Waals surface area contributed by atoms with Gasteiger partial charge < -0.3 is 0 Å². The monoisotopic (exact) mass is 199 g/mol. The third-order valence-electron chi connectivity index (χ3n) is 3.38. The summed E-state index contributed by atoms with van der Waals surface area (Å²) in [6, 6.07) is 0. The van der Waals surface area contributed by atoms with Gasteiger partial charge in [0.1, 0.15) is 0 Å². The molecule has 0 aromatic rings. The van der Waals surface area contributed by atoms with Gasteiger partial charge in [-0.05, 0) is 31.1 Å². The molecule has 0 spiro atoms. The van der Waals surface area contributed by atoms with Crippen LogP contribution in [0.1, 0.15) is 25.7 Å². The van der Waals surface area contributed by atoms with E-state index in [1.54, 1.807) is 5.54 Å². The molecule has 2 fully saturated rings. The van der Waals surface area contributed by atoms with Crippen LogP contribution in [0.15, 0.2) is 11.6 Å². The van der Waals surface area contributed by atoms with Gasteiger partial charge in [-0.15, -0.1) is 0 Å². The van der Waals surface area contributed by atoms with E-state index in [1.807, 2.05) is 0 Å². The summed E-state index contributed by atoms with van der Waals surface area (Å²) in [6.45, 7) is 3.66. The van der Waals surface area contributed by atoms with Gasteiger partial charge in [0.25, 0.3) is 0 Å². The van der Waals surface area contributed by atoms with Crippen molar-refractivity contribution in [3.63, 3.8) is 0 Å². The minimum atomic E-state index is 0.983. The third kappa shape index (κ3) is 2.47. The van der Waals surface area contributed by atoms with Crippen LogP contribution in [0.2, 0.25) is 0 Å². The molecule has 0 radical (unpaired) electrons. The predicted molar refractivity (Wildman–Crippen MR) is 56.9 cm³/mol. The fraction of sp³-hybridized carbons (Fsp3) is 0.818. The summed E-state index contributed by atoms with van der Waals surface area (Å²) in [7, 11) is 0. The van der Waals surface area contributed by atoms with E-state index in [0.717, 1.165) is 18.4 Å². The van der Waals surface area contributed by atoms with Gasteiger partial charge in [0.15, 0.2) is 0 Å². The minimum absolute atomic E-state index is 0.983. The lowest BCUT2D eigenvalue weighted by atomic mass is 9.78. The Morgan fingerprint density at radius 3 is 2.54 bits per heavy atom. The second kappa shape index (κ2) is 4.47. The average Bonchev–Trinajstić information content (AvgIpc) is 2.14. The largest absolute Gasteiger partial charge is 0.299 e. The van der Waals surface area contributed by atoms with Crippen molar-refractivity contribution in [3.05, 3.63) is 11.6 Å². The highest BCUT2D eigenvalue weighted by Crippen LogP contribution is 2.34. The smallest absolute Gasteiger partial charge is 0.0175 e. The first-order chi connectivity index (χ1) is 6.38. The van der Waals surface area contributed by atoms with Crippen LogP contribution in [0.3, 0.4) is 0 Å². The number of fused-ring (bicyclic) bond motifs is 2. The van der Waals surface area contributed by atoms with Crippen LogP contribution in [-0.4, -0.2) is 24.5 Å².